The van der Waals surface area contributed by atoms with Crippen LogP contribution in [0.3, 0.4) is 0 Å². The van der Waals surface area contributed by atoms with Crippen molar-refractivity contribution in [2.24, 2.45) is 0 Å². The number of thiophene rings is 1. The molecule has 0 fully saturated rings. The maximum Gasteiger partial charge on any atom is 0.0727 e. The molecule has 0 saturated heterocycles. The summed E-state index contributed by atoms with van der Waals surface area (Å²) in [5, 5.41) is 2.51. The molecule has 2 nitrogen and oxygen atoms in total. The second-order valence-corrected chi connectivity index (χ2v) is 19.5. The van der Waals surface area contributed by atoms with Crippen molar-refractivity contribution >= 4 is 65.6 Å². The maximum atomic E-state index is 9.23. The molecule has 3 aliphatic rings. The Kier molecular flexibility index (Phi) is 7.13. The van der Waals surface area contributed by atoms with Gasteiger partial charge in [0.1, 0.15) is 0 Å². The van der Waals surface area contributed by atoms with Crippen molar-refractivity contribution in [2.75, 3.05) is 9.80 Å². The smallest absolute Gasteiger partial charge is 0.0727 e. The highest BCUT2D eigenvalue weighted by Gasteiger charge is 2.52. The molecule has 3 heteroatoms. The Balaban J connectivity index is 1.03. The molecular formula is C64H44N2S. The van der Waals surface area contributed by atoms with E-state index >= 15 is 0 Å². The molecule has 0 aliphatic heterocycles. The van der Waals surface area contributed by atoms with E-state index in [4.69, 9.17) is 4.11 Å². The van der Waals surface area contributed by atoms with Gasteiger partial charge in [0, 0.05) is 59.7 Å². The summed E-state index contributed by atoms with van der Waals surface area (Å²) in [6, 6.07) is 70.2. The van der Waals surface area contributed by atoms with Gasteiger partial charge in [-0.25, -0.2) is 0 Å². The number of hydrogen-bond donors (Lipinski definition) is 0. The van der Waals surface area contributed by atoms with Crippen LogP contribution < -0.4 is 9.80 Å². The molecule has 1 aromatic heterocycles. The van der Waals surface area contributed by atoms with Crippen LogP contribution in [0.15, 0.2) is 230 Å². The predicted molar refractivity (Wildman–Crippen MR) is 283 cm³/mol. The van der Waals surface area contributed by atoms with Gasteiger partial charge in [-0.1, -0.05) is 165 Å². The highest BCUT2D eigenvalue weighted by Crippen LogP contribution is 2.64. The first-order valence-corrected chi connectivity index (χ1v) is 23.7. The third-order valence-electron chi connectivity index (χ3n) is 14.7. The van der Waals surface area contributed by atoms with Crippen LogP contribution in [-0.2, 0) is 10.8 Å². The van der Waals surface area contributed by atoms with E-state index in [-0.39, 0.29) is 35.3 Å². The minimum Gasteiger partial charge on any atom is -0.310 e. The number of rotatable bonds is 6. The zero-order valence-corrected chi connectivity index (χ0v) is 37.7. The second-order valence-electron chi connectivity index (χ2n) is 18.5. The van der Waals surface area contributed by atoms with E-state index < -0.39 is 11.5 Å². The molecule has 67 heavy (non-hydrogen) atoms. The zero-order valence-electron chi connectivity index (χ0n) is 41.9. The standard InChI is InChI=1S/C64H44N2S/c1-63(2)55-25-13-9-21-47(55)50-33-29-43(37-58(50)63)66(46-32-36-54-53-24-12-16-28-61(53)67-62(54)40-46)45-31-35-52-49-23-11-15-27-57(49)64(60(52)39-45)56-26-14-10-22-48(56)51-34-30-44(38-59(51)64)65(41-17-5-3-6-18-41)42-19-7-4-8-20-42/h3-40H,1-2H3/i3D,5D,6D,17D,18D. The first-order chi connectivity index (χ1) is 35.0. The lowest BCUT2D eigenvalue weighted by molar-refractivity contribution is 0.660. The molecule has 1 atom stereocenters. The number of benzene rings is 10. The van der Waals surface area contributed by atoms with E-state index in [1.807, 2.05) is 52.6 Å². The Labute approximate surface area is 402 Å². The van der Waals surface area contributed by atoms with E-state index in [2.05, 4.69) is 183 Å². The van der Waals surface area contributed by atoms with Crippen molar-refractivity contribution in [3.05, 3.63) is 264 Å². The summed E-state index contributed by atoms with van der Waals surface area (Å²) in [6.45, 7) is 4.68. The zero-order chi connectivity index (χ0) is 48.8. The highest BCUT2D eigenvalue weighted by molar-refractivity contribution is 7.25. The summed E-state index contributed by atoms with van der Waals surface area (Å²) in [6.07, 6.45) is 0. The molecule has 3 aliphatic carbocycles. The van der Waals surface area contributed by atoms with Gasteiger partial charge in [-0.05, 0) is 146 Å². The van der Waals surface area contributed by atoms with Crippen LogP contribution in [0.2, 0.25) is 0 Å². The molecule has 316 valence electrons. The van der Waals surface area contributed by atoms with Crippen molar-refractivity contribution in [1.29, 1.82) is 0 Å². The molecule has 1 spiro atoms. The van der Waals surface area contributed by atoms with E-state index in [9.17, 15) is 2.74 Å². The minimum atomic E-state index is -0.783. The topological polar surface area (TPSA) is 6.48 Å². The summed E-state index contributed by atoms with van der Waals surface area (Å²) in [4.78, 5) is 4.27. The van der Waals surface area contributed by atoms with Gasteiger partial charge >= 0.3 is 0 Å². The fourth-order valence-electron chi connectivity index (χ4n) is 11.9. The summed E-state index contributed by atoms with van der Waals surface area (Å²) < 4.78 is 46.9. The lowest BCUT2D eigenvalue weighted by Crippen LogP contribution is -2.26. The van der Waals surface area contributed by atoms with Gasteiger partial charge in [-0.3, -0.25) is 0 Å². The highest BCUT2D eigenvalue weighted by atomic mass is 32.1. The molecule has 1 unspecified atom stereocenters. The molecule has 0 bridgehead atoms. The molecule has 1 heterocycles. The molecule has 0 amide bonds. The largest absolute Gasteiger partial charge is 0.310 e. The predicted octanol–water partition coefficient (Wildman–Crippen LogP) is 17.6. The number of fused-ring (bicyclic) bond motifs is 16. The average molecular weight is 878 g/mol. The minimum absolute atomic E-state index is 0.0955. The van der Waals surface area contributed by atoms with Crippen LogP contribution in [0.5, 0.6) is 0 Å². The van der Waals surface area contributed by atoms with Gasteiger partial charge < -0.3 is 9.80 Å². The van der Waals surface area contributed by atoms with Crippen LogP contribution in [-0.4, -0.2) is 0 Å². The molecule has 0 saturated carbocycles. The Hall–Kier alpha value is -7.98. The Morgan fingerprint density at radius 3 is 1.43 bits per heavy atom. The van der Waals surface area contributed by atoms with Crippen LogP contribution in [0.25, 0.3) is 53.6 Å². The van der Waals surface area contributed by atoms with Crippen molar-refractivity contribution in [1.82, 2.24) is 0 Å². The van der Waals surface area contributed by atoms with Crippen LogP contribution in [0, 0.1) is 0 Å². The third-order valence-corrected chi connectivity index (χ3v) is 15.9. The normalized spacial score (nSPS) is 16.5. The monoisotopic (exact) mass is 877 g/mol. The van der Waals surface area contributed by atoms with E-state index in [1.165, 1.54) is 53.6 Å². The summed E-state index contributed by atoms with van der Waals surface area (Å²) in [5.41, 5.74) is 17.9. The van der Waals surface area contributed by atoms with Crippen LogP contribution in [0.1, 0.15) is 54.1 Å². The molecule has 11 aromatic rings. The second kappa shape index (κ2) is 14.3. The average Bonchev–Trinajstić information content (AvgIpc) is 4.11. The van der Waals surface area contributed by atoms with Crippen molar-refractivity contribution < 1.29 is 6.85 Å². The van der Waals surface area contributed by atoms with Crippen LogP contribution >= 0.6 is 11.3 Å². The van der Waals surface area contributed by atoms with Gasteiger partial charge in [0.25, 0.3) is 0 Å². The number of hydrogen-bond acceptors (Lipinski definition) is 3. The van der Waals surface area contributed by atoms with E-state index in [0.717, 1.165) is 50.4 Å². The Bertz CT molecular complexity index is 4080. The first kappa shape index (κ1) is 33.5. The van der Waals surface area contributed by atoms with Gasteiger partial charge in [0.15, 0.2) is 0 Å². The van der Waals surface area contributed by atoms with Crippen LogP contribution in [0.4, 0.5) is 34.1 Å². The quantitative estimate of drug-likeness (QED) is 0.164. The van der Waals surface area contributed by atoms with E-state index in [1.54, 1.807) is 0 Å². The van der Waals surface area contributed by atoms with Crippen molar-refractivity contribution in [3.63, 3.8) is 0 Å². The Morgan fingerprint density at radius 2 is 0.791 bits per heavy atom. The molecule has 10 aromatic carbocycles. The fraction of sp³-hybridized carbons (Fsp3) is 0.0625. The summed E-state index contributed by atoms with van der Waals surface area (Å²) >= 11 is 1.83. The molecule has 0 N–H and O–H groups in total. The summed E-state index contributed by atoms with van der Waals surface area (Å²) in [5.74, 6) is 0. The van der Waals surface area contributed by atoms with Crippen molar-refractivity contribution in [3.8, 4) is 33.4 Å². The molecule has 0 radical (unpaired) electrons. The lowest BCUT2D eigenvalue weighted by Gasteiger charge is -2.33. The van der Waals surface area contributed by atoms with Gasteiger partial charge in [-0.2, -0.15) is 0 Å². The molecule has 14 rings (SSSR count). The first-order valence-electron chi connectivity index (χ1n) is 25.4. The van der Waals surface area contributed by atoms with Gasteiger partial charge in [0.05, 0.1) is 12.3 Å². The summed E-state index contributed by atoms with van der Waals surface area (Å²) in [7, 11) is 0. The number of nitrogens with zero attached hydrogens (tertiary/aromatic N) is 2. The Morgan fingerprint density at radius 1 is 0.343 bits per heavy atom. The van der Waals surface area contributed by atoms with Gasteiger partial charge in [0.2, 0.25) is 0 Å². The van der Waals surface area contributed by atoms with Crippen molar-refractivity contribution in [2.45, 2.75) is 24.7 Å². The maximum absolute atomic E-state index is 9.23. The van der Waals surface area contributed by atoms with E-state index in [0.29, 0.717) is 11.4 Å². The van der Waals surface area contributed by atoms with Gasteiger partial charge in [-0.15, -0.1) is 11.3 Å². The lowest BCUT2D eigenvalue weighted by atomic mass is 9.70. The fourth-order valence-corrected chi connectivity index (χ4v) is 13.0. The molecular weight excluding hydrogens is 829 g/mol. The number of anilines is 6. The number of para-hydroxylation sites is 2. The third kappa shape index (κ3) is 5.38. The SMILES string of the molecule is [2H]c1c([2H])c([2H])c(N(c2ccccc2)c2ccc3c(c2)C2(c4ccccc4-c4ccc(N(c5ccc6c(c5)C(C)(C)c5ccccc5-6)c5ccc6c(c5)sc5ccccc56)cc42)c2ccccc2-3)c([2H])c1[2H].